The van der Waals surface area contributed by atoms with Crippen LogP contribution in [0, 0.1) is 6.92 Å². The first-order chi connectivity index (χ1) is 12.6. The minimum atomic E-state index is -0.161. The second-order valence-electron chi connectivity index (χ2n) is 5.97. The lowest BCUT2D eigenvalue weighted by Gasteiger charge is -2.08. The molecule has 0 radical (unpaired) electrons. The zero-order chi connectivity index (χ0) is 18.4. The van der Waals surface area contributed by atoms with Gasteiger partial charge in [0.1, 0.15) is 5.82 Å². The zero-order valence-electron chi connectivity index (χ0n) is 14.6. The molecule has 0 spiro atoms. The number of rotatable bonds is 7. The molecule has 2 heterocycles. The number of aromatic nitrogens is 3. The van der Waals surface area contributed by atoms with Gasteiger partial charge in [-0.1, -0.05) is 24.3 Å². The number of nitrogens with one attached hydrogen (secondary N) is 2. The molecule has 0 bridgehead atoms. The van der Waals surface area contributed by atoms with Gasteiger partial charge in [0.2, 0.25) is 5.91 Å². The standard InChI is InChI=1S/C19H21N5O2/c1-14-6-2-3-7-15(14)19(26)21-12-10-18(25)20-11-9-17-23-22-16-8-4-5-13-24(16)17/h2-8,13H,9-12H2,1H3,(H,20,25)(H,21,26). The molecule has 2 amide bonds. The Kier molecular flexibility index (Phi) is 5.58. The van der Waals surface area contributed by atoms with Crippen molar-refractivity contribution in [3.05, 3.63) is 65.6 Å². The Morgan fingerprint density at radius 3 is 2.65 bits per heavy atom. The Morgan fingerprint density at radius 1 is 1.00 bits per heavy atom. The molecule has 2 aromatic heterocycles. The van der Waals surface area contributed by atoms with Crippen LogP contribution in [0.2, 0.25) is 0 Å². The maximum Gasteiger partial charge on any atom is 0.251 e. The molecule has 3 rings (SSSR count). The van der Waals surface area contributed by atoms with E-state index < -0.39 is 0 Å². The van der Waals surface area contributed by atoms with Gasteiger partial charge in [-0.3, -0.25) is 14.0 Å². The smallest absolute Gasteiger partial charge is 0.251 e. The lowest BCUT2D eigenvalue weighted by Crippen LogP contribution is -2.32. The first kappa shape index (κ1) is 17.6. The van der Waals surface area contributed by atoms with Gasteiger partial charge in [-0.25, -0.2) is 0 Å². The van der Waals surface area contributed by atoms with Gasteiger partial charge in [-0.2, -0.15) is 0 Å². The van der Waals surface area contributed by atoms with Crippen molar-refractivity contribution in [3.63, 3.8) is 0 Å². The molecule has 1 aromatic carbocycles. The van der Waals surface area contributed by atoms with Crippen molar-refractivity contribution in [2.45, 2.75) is 19.8 Å². The van der Waals surface area contributed by atoms with E-state index in [2.05, 4.69) is 20.8 Å². The fourth-order valence-electron chi connectivity index (χ4n) is 2.68. The summed E-state index contributed by atoms with van der Waals surface area (Å²) in [6.45, 7) is 2.66. The summed E-state index contributed by atoms with van der Waals surface area (Å²) in [5, 5.41) is 13.8. The number of amides is 2. The van der Waals surface area contributed by atoms with Gasteiger partial charge < -0.3 is 10.6 Å². The highest BCUT2D eigenvalue weighted by molar-refractivity contribution is 5.95. The van der Waals surface area contributed by atoms with Crippen LogP contribution in [0.15, 0.2) is 48.7 Å². The van der Waals surface area contributed by atoms with Crippen molar-refractivity contribution in [1.82, 2.24) is 25.2 Å². The molecule has 26 heavy (non-hydrogen) atoms. The van der Waals surface area contributed by atoms with Crippen molar-refractivity contribution < 1.29 is 9.59 Å². The topological polar surface area (TPSA) is 88.4 Å². The number of aryl methyl sites for hydroxylation is 1. The summed E-state index contributed by atoms with van der Waals surface area (Å²) < 4.78 is 1.90. The number of hydrogen-bond acceptors (Lipinski definition) is 4. The third-order valence-corrected chi connectivity index (χ3v) is 4.08. The molecule has 7 heteroatoms. The number of hydrogen-bond donors (Lipinski definition) is 2. The lowest BCUT2D eigenvalue weighted by atomic mass is 10.1. The molecule has 0 atom stereocenters. The van der Waals surface area contributed by atoms with Gasteiger partial charge in [0.05, 0.1) is 0 Å². The summed E-state index contributed by atoms with van der Waals surface area (Å²) in [6, 6.07) is 13.1. The highest BCUT2D eigenvalue weighted by Crippen LogP contribution is 2.06. The molecule has 3 aromatic rings. The Hall–Kier alpha value is -3.22. The predicted molar refractivity (Wildman–Crippen MR) is 97.8 cm³/mol. The first-order valence-electron chi connectivity index (χ1n) is 8.54. The number of nitrogens with zero attached hydrogens (tertiary/aromatic N) is 3. The summed E-state index contributed by atoms with van der Waals surface area (Å²) >= 11 is 0. The van der Waals surface area contributed by atoms with Gasteiger partial charge in [-0.15, -0.1) is 10.2 Å². The molecular weight excluding hydrogens is 330 g/mol. The van der Waals surface area contributed by atoms with E-state index >= 15 is 0 Å². The van der Waals surface area contributed by atoms with Crippen LogP contribution in [0.4, 0.5) is 0 Å². The second kappa shape index (κ2) is 8.24. The predicted octanol–water partition coefficient (Wildman–Crippen LogP) is 1.52. The van der Waals surface area contributed by atoms with Gasteiger partial charge >= 0.3 is 0 Å². The molecule has 0 aliphatic rings. The van der Waals surface area contributed by atoms with E-state index in [0.717, 1.165) is 17.0 Å². The van der Waals surface area contributed by atoms with Crippen molar-refractivity contribution in [3.8, 4) is 0 Å². The third-order valence-electron chi connectivity index (χ3n) is 4.08. The van der Waals surface area contributed by atoms with Crippen LogP contribution in [0.5, 0.6) is 0 Å². The molecule has 134 valence electrons. The van der Waals surface area contributed by atoms with E-state index in [9.17, 15) is 9.59 Å². The quantitative estimate of drug-likeness (QED) is 0.675. The molecule has 0 saturated heterocycles. The molecule has 0 aliphatic heterocycles. The highest BCUT2D eigenvalue weighted by atomic mass is 16.2. The number of benzene rings is 1. The Bertz CT molecular complexity index is 919. The first-order valence-corrected chi connectivity index (χ1v) is 8.54. The van der Waals surface area contributed by atoms with Crippen LogP contribution in [-0.4, -0.2) is 39.5 Å². The summed E-state index contributed by atoms with van der Waals surface area (Å²) in [5.41, 5.74) is 2.33. The largest absolute Gasteiger partial charge is 0.356 e. The molecule has 7 nitrogen and oxygen atoms in total. The number of fused-ring (bicyclic) bond motifs is 1. The zero-order valence-corrected chi connectivity index (χ0v) is 14.6. The summed E-state index contributed by atoms with van der Waals surface area (Å²) in [5.74, 6) is 0.531. The van der Waals surface area contributed by atoms with E-state index in [1.165, 1.54) is 0 Å². The molecular formula is C19H21N5O2. The van der Waals surface area contributed by atoms with Gasteiger partial charge in [0, 0.05) is 37.7 Å². The normalized spacial score (nSPS) is 10.7. The Balaban J connectivity index is 1.39. The maximum atomic E-state index is 12.1. The average Bonchev–Trinajstić information content (AvgIpc) is 3.05. The Morgan fingerprint density at radius 2 is 1.81 bits per heavy atom. The van der Waals surface area contributed by atoms with Gasteiger partial charge in [0.25, 0.3) is 5.91 Å². The molecule has 0 saturated carbocycles. The minimum absolute atomic E-state index is 0.107. The van der Waals surface area contributed by atoms with Crippen molar-refractivity contribution in [2.75, 3.05) is 13.1 Å². The van der Waals surface area contributed by atoms with E-state index in [0.29, 0.717) is 25.1 Å². The monoisotopic (exact) mass is 351 g/mol. The van der Waals surface area contributed by atoms with E-state index in [1.54, 1.807) is 6.07 Å². The number of carbonyl (C=O) groups excluding carboxylic acids is 2. The van der Waals surface area contributed by atoms with Gasteiger partial charge in [-0.05, 0) is 30.7 Å². The van der Waals surface area contributed by atoms with E-state index in [-0.39, 0.29) is 18.2 Å². The lowest BCUT2D eigenvalue weighted by molar-refractivity contribution is -0.120. The van der Waals surface area contributed by atoms with E-state index in [1.807, 2.05) is 53.9 Å². The molecule has 0 unspecified atom stereocenters. The molecule has 0 aliphatic carbocycles. The fraction of sp³-hybridized carbons (Fsp3) is 0.263. The highest BCUT2D eigenvalue weighted by Gasteiger charge is 2.09. The summed E-state index contributed by atoms with van der Waals surface area (Å²) in [6.07, 6.45) is 2.72. The van der Waals surface area contributed by atoms with Crippen LogP contribution in [0.25, 0.3) is 5.65 Å². The van der Waals surface area contributed by atoms with Crippen molar-refractivity contribution in [1.29, 1.82) is 0 Å². The number of pyridine rings is 1. The third kappa shape index (κ3) is 4.24. The van der Waals surface area contributed by atoms with Gasteiger partial charge in [0.15, 0.2) is 5.65 Å². The van der Waals surface area contributed by atoms with Crippen molar-refractivity contribution in [2.24, 2.45) is 0 Å². The van der Waals surface area contributed by atoms with Crippen LogP contribution < -0.4 is 10.6 Å². The summed E-state index contributed by atoms with van der Waals surface area (Å²) in [4.78, 5) is 24.0. The average molecular weight is 351 g/mol. The van der Waals surface area contributed by atoms with Crippen molar-refractivity contribution >= 4 is 17.5 Å². The SMILES string of the molecule is Cc1ccccc1C(=O)NCCC(=O)NCCc1nnc2ccccn12. The number of carbonyl (C=O) groups is 2. The Labute approximate surface area is 151 Å². The van der Waals surface area contributed by atoms with Crippen LogP contribution in [0.3, 0.4) is 0 Å². The molecule has 2 N–H and O–H groups in total. The minimum Gasteiger partial charge on any atom is -0.356 e. The fourth-order valence-corrected chi connectivity index (χ4v) is 2.68. The van der Waals surface area contributed by atoms with Crippen LogP contribution >= 0.6 is 0 Å². The van der Waals surface area contributed by atoms with Crippen LogP contribution in [-0.2, 0) is 11.2 Å². The molecule has 0 fully saturated rings. The maximum absolute atomic E-state index is 12.1. The van der Waals surface area contributed by atoms with E-state index in [4.69, 9.17) is 0 Å². The summed E-state index contributed by atoms with van der Waals surface area (Å²) in [7, 11) is 0. The second-order valence-corrected chi connectivity index (χ2v) is 5.97. The van der Waals surface area contributed by atoms with Crippen LogP contribution in [0.1, 0.15) is 28.2 Å².